The van der Waals surface area contributed by atoms with Crippen molar-refractivity contribution in [2.45, 2.75) is 19.8 Å². The Hall–Kier alpha value is -3.36. The van der Waals surface area contributed by atoms with Crippen molar-refractivity contribution in [1.82, 2.24) is 15.2 Å². The summed E-state index contributed by atoms with van der Waals surface area (Å²) in [4.78, 5) is 43.4. The normalized spacial score (nSPS) is 12.8. The highest BCUT2D eigenvalue weighted by atomic mass is 32.1. The Morgan fingerprint density at radius 1 is 1.09 bits per heavy atom. The van der Waals surface area contributed by atoms with Crippen LogP contribution in [-0.4, -0.2) is 54.4 Å². The molecule has 0 unspecified atom stereocenters. The molecule has 4 rings (SSSR count). The predicted octanol–water partition coefficient (Wildman–Crippen LogP) is 3.72. The maximum Gasteiger partial charge on any atom is 0.261 e. The van der Waals surface area contributed by atoms with Crippen molar-refractivity contribution in [3.63, 3.8) is 0 Å². The Balaban J connectivity index is 1.33. The fourth-order valence-corrected chi connectivity index (χ4v) is 4.38. The van der Waals surface area contributed by atoms with Gasteiger partial charge in [0.2, 0.25) is 0 Å². The third-order valence-corrected chi connectivity index (χ3v) is 6.30. The molecule has 0 saturated carbocycles. The molecule has 0 bridgehead atoms. The number of ether oxygens (including phenoxy) is 1. The summed E-state index contributed by atoms with van der Waals surface area (Å²) in [5, 5.41) is 5.97. The molecule has 1 aliphatic heterocycles. The molecule has 1 aromatic heterocycles. The van der Waals surface area contributed by atoms with Crippen LogP contribution >= 0.6 is 11.3 Å². The Bertz CT molecular complexity index is 1190. The molecule has 0 fully saturated rings. The predicted molar refractivity (Wildman–Crippen MR) is 127 cm³/mol. The number of aromatic nitrogens is 1. The molecule has 0 atom stereocenters. The van der Waals surface area contributed by atoms with Crippen LogP contribution in [0.5, 0.6) is 0 Å². The topological polar surface area (TPSA) is 88.6 Å². The van der Waals surface area contributed by atoms with Crippen LogP contribution in [0.3, 0.4) is 0 Å². The molecule has 7 nitrogen and oxygen atoms in total. The van der Waals surface area contributed by atoms with Crippen LogP contribution in [0.2, 0.25) is 0 Å². The minimum atomic E-state index is -0.365. The van der Waals surface area contributed by atoms with Crippen molar-refractivity contribution in [3.8, 4) is 11.3 Å². The average molecular weight is 464 g/mol. The molecule has 0 saturated heterocycles. The van der Waals surface area contributed by atoms with Gasteiger partial charge >= 0.3 is 0 Å². The molecule has 0 aliphatic carbocycles. The van der Waals surface area contributed by atoms with Gasteiger partial charge in [-0.3, -0.25) is 19.3 Å². The zero-order valence-electron chi connectivity index (χ0n) is 18.6. The van der Waals surface area contributed by atoms with Crippen molar-refractivity contribution in [3.05, 3.63) is 75.1 Å². The molecule has 1 N–H and O–H groups in total. The zero-order chi connectivity index (χ0) is 23.4. The van der Waals surface area contributed by atoms with E-state index in [0.29, 0.717) is 43.7 Å². The van der Waals surface area contributed by atoms with E-state index in [-0.39, 0.29) is 23.3 Å². The first-order valence-electron chi connectivity index (χ1n) is 10.8. The minimum absolute atomic E-state index is 0.273. The number of fused-ring (bicyclic) bond motifs is 1. The summed E-state index contributed by atoms with van der Waals surface area (Å²) in [6.45, 7) is 3.21. The van der Waals surface area contributed by atoms with E-state index in [0.717, 1.165) is 21.8 Å². The summed E-state index contributed by atoms with van der Waals surface area (Å²) in [5.74, 6) is -0.962. The van der Waals surface area contributed by atoms with E-state index >= 15 is 0 Å². The summed E-state index contributed by atoms with van der Waals surface area (Å²) in [7, 11) is 1.58. The first-order chi connectivity index (χ1) is 16.0. The fourth-order valence-electron chi connectivity index (χ4n) is 3.76. The number of aryl methyl sites for hydroxylation is 1. The molecule has 3 aromatic rings. The third-order valence-electron chi connectivity index (χ3n) is 5.53. The Morgan fingerprint density at radius 2 is 1.85 bits per heavy atom. The number of imide groups is 1. The van der Waals surface area contributed by atoms with E-state index in [1.165, 1.54) is 11.0 Å². The molecular formula is C25H25N3O4S. The first kappa shape index (κ1) is 22.8. The van der Waals surface area contributed by atoms with Crippen LogP contribution in [-0.2, 0) is 11.2 Å². The lowest BCUT2D eigenvalue weighted by atomic mass is 10.0. The monoisotopic (exact) mass is 463 g/mol. The number of nitrogens with zero attached hydrogens (tertiary/aromatic N) is 2. The van der Waals surface area contributed by atoms with Crippen molar-refractivity contribution in [2.75, 3.05) is 26.8 Å². The van der Waals surface area contributed by atoms with E-state index < -0.39 is 0 Å². The third kappa shape index (κ3) is 5.02. The molecule has 3 amide bonds. The van der Waals surface area contributed by atoms with Gasteiger partial charge in [-0.25, -0.2) is 4.98 Å². The Kier molecular flexibility index (Phi) is 6.96. The van der Waals surface area contributed by atoms with Crippen LogP contribution < -0.4 is 5.32 Å². The molecule has 33 heavy (non-hydrogen) atoms. The van der Waals surface area contributed by atoms with Crippen molar-refractivity contribution in [2.24, 2.45) is 0 Å². The summed E-state index contributed by atoms with van der Waals surface area (Å²) in [6, 6.07) is 12.8. The van der Waals surface area contributed by atoms with Crippen molar-refractivity contribution < 1.29 is 19.1 Å². The highest BCUT2D eigenvalue weighted by Gasteiger charge is 2.35. The van der Waals surface area contributed by atoms with Gasteiger partial charge in [-0.15, -0.1) is 11.3 Å². The highest BCUT2D eigenvalue weighted by molar-refractivity contribution is 7.09. The number of hydrogen-bond acceptors (Lipinski definition) is 6. The van der Waals surface area contributed by atoms with Crippen molar-refractivity contribution in [1.29, 1.82) is 0 Å². The Morgan fingerprint density at radius 3 is 2.55 bits per heavy atom. The van der Waals surface area contributed by atoms with Crippen LogP contribution in [0.4, 0.5) is 0 Å². The number of carbonyl (C=O) groups is 3. The second kappa shape index (κ2) is 10.1. The molecule has 2 aromatic carbocycles. The molecule has 2 heterocycles. The van der Waals surface area contributed by atoms with Gasteiger partial charge in [-0.05, 0) is 43.5 Å². The fraction of sp³-hybridized carbons (Fsp3) is 0.280. The van der Waals surface area contributed by atoms with Crippen LogP contribution in [0.1, 0.15) is 48.1 Å². The molecule has 0 radical (unpaired) electrons. The van der Waals surface area contributed by atoms with Gasteiger partial charge in [0, 0.05) is 43.3 Å². The number of methoxy groups -OCH3 is 1. The van der Waals surface area contributed by atoms with Crippen molar-refractivity contribution >= 4 is 29.1 Å². The van der Waals surface area contributed by atoms with Gasteiger partial charge in [0.1, 0.15) is 0 Å². The lowest BCUT2D eigenvalue weighted by molar-refractivity contribution is 0.0638. The number of carbonyl (C=O) groups excluding carboxylic acids is 3. The molecule has 1 aliphatic rings. The van der Waals surface area contributed by atoms with Crippen LogP contribution in [0, 0.1) is 6.92 Å². The number of hydrogen-bond donors (Lipinski definition) is 1. The average Bonchev–Trinajstić information content (AvgIpc) is 3.36. The van der Waals surface area contributed by atoms with Gasteiger partial charge in [0.05, 0.1) is 21.8 Å². The summed E-state index contributed by atoms with van der Waals surface area (Å²) >= 11 is 1.62. The van der Waals surface area contributed by atoms with Gasteiger partial charge in [0.25, 0.3) is 17.7 Å². The molecule has 170 valence electrons. The largest absolute Gasteiger partial charge is 0.385 e. The highest BCUT2D eigenvalue weighted by Crippen LogP contribution is 2.24. The van der Waals surface area contributed by atoms with Gasteiger partial charge in [-0.1, -0.05) is 24.3 Å². The van der Waals surface area contributed by atoms with E-state index in [1.807, 2.05) is 36.6 Å². The lowest BCUT2D eigenvalue weighted by Crippen LogP contribution is -2.31. The number of benzene rings is 2. The number of amides is 3. The smallest absolute Gasteiger partial charge is 0.261 e. The summed E-state index contributed by atoms with van der Waals surface area (Å²) in [6.07, 6.45) is 1.25. The quantitative estimate of drug-likeness (QED) is 0.386. The zero-order valence-corrected chi connectivity index (χ0v) is 19.4. The summed E-state index contributed by atoms with van der Waals surface area (Å²) < 4.78 is 4.99. The van der Waals surface area contributed by atoms with Gasteiger partial charge < -0.3 is 10.1 Å². The standard InChI is InChI=1S/C25H25N3O4S/c1-16-27-22(15-33-16)18-6-4-17(5-7-18)10-11-26-23(29)19-8-9-20-21(14-19)25(31)28(24(20)30)12-3-13-32-2/h4-9,14-15H,3,10-13H2,1-2H3,(H,26,29). The molecule has 8 heteroatoms. The number of rotatable bonds is 9. The van der Waals surface area contributed by atoms with Gasteiger partial charge in [0.15, 0.2) is 0 Å². The second-order valence-corrected chi connectivity index (χ2v) is 8.89. The summed E-state index contributed by atoms with van der Waals surface area (Å²) in [5.41, 5.74) is 4.12. The second-order valence-electron chi connectivity index (χ2n) is 7.82. The number of nitrogens with one attached hydrogen (secondary N) is 1. The van der Waals surface area contributed by atoms with Gasteiger partial charge in [-0.2, -0.15) is 0 Å². The SMILES string of the molecule is COCCCN1C(=O)c2ccc(C(=O)NCCc3ccc(-c4csc(C)n4)cc3)cc2C1=O. The van der Waals surface area contributed by atoms with Crippen LogP contribution in [0.25, 0.3) is 11.3 Å². The Labute approximate surface area is 196 Å². The van der Waals surface area contributed by atoms with E-state index in [4.69, 9.17) is 4.74 Å². The lowest BCUT2D eigenvalue weighted by Gasteiger charge is -2.12. The first-order valence-corrected chi connectivity index (χ1v) is 11.6. The van der Waals surface area contributed by atoms with E-state index in [1.54, 1.807) is 30.6 Å². The molecular weight excluding hydrogens is 438 g/mol. The number of thiazole rings is 1. The maximum absolute atomic E-state index is 12.6. The maximum atomic E-state index is 12.6. The van der Waals surface area contributed by atoms with E-state index in [2.05, 4.69) is 10.3 Å². The van der Waals surface area contributed by atoms with Crippen LogP contribution in [0.15, 0.2) is 47.8 Å². The molecule has 0 spiro atoms. The van der Waals surface area contributed by atoms with E-state index in [9.17, 15) is 14.4 Å². The minimum Gasteiger partial charge on any atom is -0.385 e.